The van der Waals surface area contributed by atoms with E-state index in [1.54, 1.807) is 18.2 Å². The van der Waals surface area contributed by atoms with Gasteiger partial charge < -0.3 is 16.0 Å². The van der Waals surface area contributed by atoms with Gasteiger partial charge in [0.1, 0.15) is 11.6 Å². The third kappa shape index (κ3) is 5.30. The molecule has 1 aromatic carbocycles. The van der Waals surface area contributed by atoms with Crippen LogP contribution < -0.4 is 16.0 Å². The SMILES string of the molecule is CCNC(=O)c1ccc(NC(=O)NCCCn2nc(C)nc2C)c(C)c1. The molecule has 0 aliphatic carbocycles. The van der Waals surface area contributed by atoms with E-state index in [1.807, 2.05) is 32.4 Å². The van der Waals surface area contributed by atoms with Crippen LogP contribution in [-0.2, 0) is 6.54 Å². The average Bonchev–Trinajstić information content (AvgIpc) is 2.91. The van der Waals surface area contributed by atoms with E-state index in [0.717, 1.165) is 23.6 Å². The first-order chi connectivity index (χ1) is 12.4. The fraction of sp³-hybridized carbons (Fsp3) is 0.444. The molecule has 1 aromatic heterocycles. The van der Waals surface area contributed by atoms with Crippen LogP contribution in [0.5, 0.6) is 0 Å². The predicted octanol–water partition coefficient (Wildman–Crippen LogP) is 2.16. The van der Waals surface area contributed by atoms with Crippen molar-refractivity contribution in [1.29, 1.82) is 0 Å². The Kier molecular flexibility index (Phi) is 6.71. The number of carbonyl (C=O) groups excluding carboxylic acids is 2. The van der Waals surface area contributed by atoms with E-state index in [0.29, 0.717) is 30.9 Å². The van der Waals surface area contributed by atoms with Gasteiger partial charge in [-0.15, -0.1) is 0 Å². The van der Waals surface area contributed by atoms with Gasteiger partial charge in [-0.1, -0.05) is 0 Å². The predicted molar refractivity (Wildman–Crippen MR) is 100 cm³/mol. The van der Waals surface area contributed by atoms with Crippen molar-refractivity contribution in [2.75, 3.05) is 18.4 Å². The molecule has 3 amide bonds. The molecule has 1 heterocycles. The van der Waals surface area contributed by atoms with Gasteiger partial charge in [0.05, 0.1) is 0 Å². The number of aryl methyl sites for hydroxylation is 4. The maximum absolute atomic E-state index is 12.0. The molecule has 0 unspecified atom stereocenters. The molecule has 0 saturated heterocycles. The number of amides is 3. The molecule has 0 aliphatic rings. The second-order valence-electron chi connectivity index (χ2n) is 6.05. The largest absolute Gasteiger partial charge is 0.352 e. The lowest BCUT2D eigenvalue weighted by Crippen LogP contribution is -2.30. The van der Waals surface area contributed by atoms with Crippen LogP contribution >= 0.6 is 0 Å². The van der Waals surface area contributed by atoms with Gasteiger partial charge in [-0.3, -0.25) is 9.48 Å². The molecule has 8 heteroatoms. The van der Waals surface area contributed by atoms with Gasteiger partial charge >= 0.3 is 6.03 Å². The lowest BCUT2D eigenvalue weighted by atomic mass is 10.1. The smallest absolute Gasteiger partial charge is 0.319 e. The van der Waals surface area contributed by atoms with Gasteiger partial charge in [-0.25, -0.2) is 9.78 Å². The summed E-state index contributed by atoms with van der Waals surface area (Å²) >= 11 is 0. The standard InChI is InChI=1S/C18H26N6O2/c1-5-19-17(25)15-7-8-16(12(2)11-15)22-18(26)20-9-6-10-24-14(4)21-13(3)23-24/h7-8,11H,5-6,9-10H2,1-4H3,(H,19,25)(H2,20,22,26). The van der Waals surface area contributed by atoms with E-state index >= 15 is 0 Å². The lowest BCUT2D eigenvalue weighted by molar-refractivity contribution is 0.0955. The van der Waals surface area contributed by atoms with Gasteiger partial charge in [-0.2, -0.15) is 5.10 Å². The summed E-state index contributed by atoms with van der Waals surface area (Å²) in [7, 11) is 0. The molecule has 0 spiro atoms. The zero-order valence-electron chi connectivity index (χ0n) is 15.7. The molecule has 0 bridgehead atoms. The fourth-order valence-corrected chi connectivity index (χ4v) is 2.58. The summed E-state index contributed by atoms with van der Waals surface area (Å²) in [5.74, 6) is 1.50. The Balaban J connectivity index is 1.80. The minimum atomic E-state index is -0.273. The second kappa shape index (κ2) is 8.98. The Bertz CT molecular complexity index is 784. The quantitative estimate of drug-likeness (QED) is 0.660. The van der Waals surface area contributed by atoms with Gasteiger partial charge in [0, 0.05) is 30.9 Å². The molecule has 2 rings (SSSR count). The minimum absolute atomic E-state index is 0.120. The Morgan fingerprint density at radius 1 is 1.15 bits per heavy atom. The van der Waals surface area contributed by atoms with E-state index in [4.69, 9.17) is 0 Å². The number of nitrogens with zero attached hydrogens (tertiary/aromatic N) is 3. The Hall–Kier alpha value is -2.90. The highest BCUT2D eigenvalue weighted by Crippen LogP contribution is 2.16. The number of anilines is 1. The Labute approximate surface area is 153 Å². The van der Waals surface area contributed by atoms with E-state index in [-0.39, 0.29) is 11.9 Å². The van der Waals surface area contributed by atoms with Crippen molar-refractivity contribution in [2.45, 2.75) is 40.7 Å². The highest BCUT2D eigenvalue weighted by atomic mass is 16.2. The van der Waals surface area contributed by atoms with E-state index < -0.39 is 0 Å². The maximum atomic E-state index is 12.0. The van der Waals surface area contributed by atoms with Crippen LogP contribution in [0.1, 0.15) is 40.9 Å². The van der Waals surface area contributed by atoms with Crippen molar-refractivity contribution in [1.82, 2.24) is 25.4 Å². The third-order valence-corrected chi connectivity index (χ3v) is 3.87. The minimum Gasteiger partial charge on any atom is -0.352 e. The number of benzene rings is 1. The molecule has 0 saturated carbocycles. The number of nitrogens with one attached hydrogen (secondary N) is 3. The molecule has 0 atom stereocenters. The van der Waals surface area contributed by atoms with Crippen LogP contribution in [0.3, 0.4) is 0 Å². The van der Waals surface area contributed by atoms with Gasteiger partial charge in [0.2, 0.25) is 0 Å². The zero-order chi connectivity index (χ0) is 19.1. The number of urea groups is 1. The van der Waals surface area contributed by atoms with E-state index in [9.17, 15) is 9.59 Å². The van der Waals surface area contributed by atoms with E-state index in [2.05, 4.69) is 26.0 Å². The highest BCUT2D eigenvalue weighted by Gasteiger charge is 2.09. The zero-order valence-corrected chi connectivity index (χ0v) is 15.7. The fourth-order valence-electron chi connectivity index (χ4n) is 2.58. The first-order valence-corrected chi connectivity index (χ1v) is 8.72. The highest BCUT2D eigenvalue weighted by molar-refractivity contribution is 5.96. The first kappa shape index (κ1) is 19.4. The topological polar surface area (TPSA) is 101 Å². The number of carbonyl (C=O) groups is 2. The molecule has 2 aromatic rings. The molecule has 0 aliphatic heterocycles. The van der Waals surface area contributed by atoms with Crippen LogP contribution in [0.4, 0.5) is 10.5 Å². The molecule has 8 nitrogen and oxygen atoms in total. The molecule has 26 heavy (non-hydrogen) atoms. The van der Waals surface area contributed by atoms with Crippen LogP contribution in [0.2, 0.25) is 0 Å². The lowest BCUT2D eigenvalue weighted by Gasteiger charge is -2.11. The van der Waals surface area contributed by atoms with Crippen LogP contribution in [0.25, 0.3) is 0 Å². The van der Waals surface area contributed by atoms with Crippen molar-refractivity contribution >= 4 is 17.6 Å². The monoisotopic (exact) mass is 358 g/mol. The van der Waals surface area contributed by atoms with Gasteiger partial charge in [0.25, 0.3) is 5.91 Å². The van der Waals surface area contributed by atoms with Crippen LogP contribution in [0, 0.1) is 20.8 Å². The molecular formula is C18H26N6O2. The van der Waals surface area contributed by atoms with Gasteiger partial charge in [-0.05, 0) is 57.9 Å². The molecule has 0 radical (unpaired) electrons. The van der Waals surface area contributed by atoms with Crippen molar-refractivity contribution < 1.29 is 9.59 Å². The third-order valence-electron chi connectivity index (χ3n) is 3.87. The van der Waals surface area contributed by atoms with E-state index in [1.165, 1.54) is 0 Å². The van der Waals surface area contributed by atoms with Crippen molar-refractivity contribution in [3.05, 3.63) is 41.0 Å². The van der Waals surface area contributed by atoms with Crippen molar-refractivity contribution in [3.63, 3.8) is 0 Å². The maximum Gasteiger partial charge on any atom is 0.319 e. The summed E-state index contributed by atoms with van der Waals surface area (Å²) in [5.41, 5.74) is 2.09. The van der Waals surface area contributed by atoms with Crippen molar-refractivity contribution in [2.24, 2.45) is 0 Å². The Morgan fingerprint density at radius 2 is 1.92 bits per heavy atom. The molecular weight excluding hydrogens is 332 g/mol. The second-order valence-corrected chi connectivity index (χ2v) is 6.05. The number of hydrogen-bond donors (Lipinski definition) is 3. The molecule has 140 valence electrons. The number of rotatable bonds is 7. The molecule has 0 fully saturated rings. The number of hydrogen-bond acceptors (Lipinski definition) is 4. The summed E-state index contributed by atoms with van der Waals surface area (Å²) in [4.78, 5) is 28.1. The average molecular weight is 358 g/mol. The molecule has 3 N–H and O–H groups in total. The van der Waals surface area contributed by atoms with Crippen LogP contribution in [0.15, 0.2) is 18.2 Å². The summed E-state index contributed by atoms with van der Waals surface area (Å²) in [6.07, 6.45) is 0.756. The summed E-state index contributed by atoms with van der Waals surface area (Å²) < 4.78 is 1.83. The summed E-state index contributed by atoms with van der Waals surface area (Å²) in [5, 5.41) is 12.7. The van der Waals surface area contributed by atoms with Crippen LogP contribution in [-0.4, -0.2) is 39.8 Å². The Morgan fingerprint density at radius 3 is 2.54 bits per heavy atom. The number of aromatic nitrogens is 3. The first-order valence-electron chi connectivity index (χ1n) is 8.72. The van der Waals surface area contributed by atoms with Gasteiger partial charge in [0.15, 0.2) is 0 Å². The summed E-state index contributed by atoms with van der Waals surface area (Å²) in [6.45, 7) is 9.30. The normalized spacial score (nSPS) is 10.5. The van der Waals surface area contributed by atoms with Crippen molar-refractivity contribution in [3.8, 4) is 0 Å². The summed E-state index contributed by atoms with van der Waals surface area (Å²) in [6, 6.07) is 4.92.